The maximum absolute atomic E-state index is 12.6. The van der Waals surface area contributed by atoms with Gasteiger partial charge >= 0.3 is 0 Å². The number of halogens is 1. The number of benzene rings is 1. The van der Waals surface area contributed by atoms with Gasteiger partial charge in [0.15, 0.2) is 0 Å². The minimum atomic E-state index is -0.817. The summed E-state index contributed by atoms with van der Waals surface area (Å²) in [6.45, 7) is 0. The summed E-state index contributed by atoms with van der Waals surface area (Å²) in [6, 6.07) is 5.21. The van der Waals surface area contributed by atoms with Crippen molar-refractivity contribution in [2.24, 2.45) is 5.73 Å². The highest BCUT2D eigenvalue weighted by Gasteiger charge is 2.35. The van der Waals surface area contributed by atoms with Crippen LogP contribution in [0.5, 0.6) is 0 Å². The van der Waals surface area contributed by atoms with Crippen LogP contribution in [0.1, 0.15) is 74.6 Å². The van der Waals surface area contributed by atoms with E-state index >= 15 is 0 Å². The standard InChI is InChI=1S/C20H28ClN3O2/c21-17-10-9-15(24-19(26)20(22)11-5-2-6-12-20)13-16(17)18(25)23-14-7-3-1-4-8-14/h9-10,13-14H,1-8,11-12,22H2,(H,23,25)(H,24,26). The SMILES string of the molecule is NC1(C(=O)Nc2ccc(Cl)c(C(=O)NC3CCCCC3)c2)CCCCC1. The second-order valence-corrected chi connectivity index (χ2v) is 8.08. The lowest BCUT2D eigenvalue weighted by molar-refractivity contribution is -0.122. The molecule has 2 saturated carbocycles. The van der Waals surface area contributed by atoms with Crippen LogP contribution in [0.4, 0.5) is 5.69 Å². The molecule has 4 N–H and O–H groups in total. The van der Waals surface area contributed by atoms with Crippen LogP contribution in [0.2, 0.25) is 5.02 Å². The fourth-order valence-corrected chi connectivity index (χ4v) is 4.16. The fraction of sp³-hybridized carbons (Fsp3) is 0.600. The number of amides is 2. The third kappa shape index (κ3) is 4.57. The van der Waals surface area contributed by atoms with E-state index in [9.17, 15) is 9.59 Å². The molecule has 2 amide bonds. The van der Waals surface area contributed by atoms with Gasteiger partial charge in [0, 0.05) is 11.7 Å². The summed E-state index contributed by atoms with van der Waals surface area (Å²) in [7, 11) is 0. The van der Waals surface area contributed by atoms with Gasteiger partial charge in [0.05, 0.1) is 16.1 Å². The molecular formula is C20H28ClN3O2. The number of nitrogens with two attached hydrogens (primary N) is 1. The molecule has 0 atom stereocenters. The van der Waals surface area contributed by atoms with E-state index in [1.165, 1.54) is 6.42 Å². The first-order valence-corrected chi connectivity index (χ1v) is 10.1. The Bertz CT molecular complexity index is 665. The Labute approximate surface area is 160 Å². The van der Waals surface area contributed by atoms with Crippen LogP contribution in [-0.4, -0.2) is 23.4 Å². The molecule has 0 aliphatic heterocycles. The van der Waals surface area contributed by atoms with Crippen LogP contribution in [0.15, 0.2) is 18.2 Å². The van der Waals surface area contributed by atoms with Crippen molar-refractivity contribution in [2.75, 3.05) is 5.32 Å². The Kier molecular flexibility index (Phi) is 6.20. The number of hydrogen-bond donors (Lipinski definition) is 3. The molecule has 26 heavy (non-hydrogen) atoms. The topological polar surface area (TPSA) is 84.2 Å². The van der Waals surface area contributed by atoms with Crippen LogP contribution < -0.4 is 16.4 Å². The summed E-state index contributed by atoms with van der Waals surface area (Å²) < 4.78 is 0. The van der Waals surface area contributed by atoms with Crippen molar-refractivity contribution in [3.63, 3.8) is 0 Å². The van der Waals surface area contributed by atoms with Gasteiger partial charge in [-0.3, -0.25) is 9.59 Å². The first-order valence-electron chi connectivity index (χ1n) is 9.69. The zero-order valence-corrected chi connectivity index (χ0v) is 15.9. The molecule has 3 rings (SSSR count). The largest absolute Gasteiger partial charge is 0.349 e. The lowest BCUT2D eigenvalue weighted by Crippen LogP contribution is -2.52. The molecule has 142 valence electrons. The van der Waals surface area contributed by atoms with E-state index in [2.05, 4.69) is 10.6 Å². The lowest BCUT2D eigenvalue weighted by Gasteiger charge is -2.31. The second-order valence-electron chi connectivity index (χ2n) is 7.67. The molecule has 0 unspecified atom stereocenters. The third-order valence-corrected chi connectivity index (χ3v) is 5.94. The Hall–Kier alpha value is -1.59. The van der Waals surface area contributed by atoms with Crippen molar-refractivity contribution in [2.45, 2.75) is 75.8 Å². The Morgan fingerprint density at radius 1 is 1.04 bits per heavy atom. The number of nitrogens with one attached hydrogen (secondary N) is 2. The van der Waals surface area contributed by atoms with E-state index < -0.39 is 5.54 Å². The van der Waals surface area contributed by atoms with Crippen molar-refractivity contribution in [1.29, 1.82) is 0 Å². The van der Waals surface area contributed by atoms with Crippen molar-refractivity contribution >= 4 is 29.1 Å². The summed E-state index contributed by atoms with van der Waals surface area (Å²) in [6.07, 6.45) is 10.0. The van der Waals surface area contributed by atoms with Gasteiger partial charge < -0.3 is 16.4 Å². The van der Waals surface area contributed by atoms with Crippen LogP contribution in [-0.2, 0) is 4.79 Å². The lowest BCUT2D eigenvalue weighted by atomic mass is 9.82. The van der Waals surface area contributed by atoms with E-state index in [4.69, 9.17) is 17.3 Å². The molecule has 5 nitrogen and oxygen atoms in total. The zero-order chi connectivity index (χ0) is 18.6. The van der Waals surface area contributed by atoms with Crippen molar-refractivity contribution in [3.8, 4) is 0 Å². The van der Waals surface area contributed by atoms with E-state index in [0.717, 1.165) is 44.9 Å². The number of carbonyl (C=O) groups excluding carboxylic acids is 2. The highest BCUT2D eigenvalue weighted by molar-refractivity contribution is 6.34. The predicted octanol–water partition coefficient (Wildman–Crippen LogP) is 4.00. The first kappa shape index (κ1) is 19.2. The molecule has 2 fully saturated rings. The van der Waals surface area contributed by atoms with Crippen molar-refractivity contribution in [3.05, 3.63) is 28.8 Å². The molecular weight excluding hydrogens is 350 g/mol. The van der Waals surface area contributed by atoms with Gasteiger partial charge in [0.25, 0.3) is 5.91 Å². The Balaban J connectivity index is 1.68. The van der Waals surface area contributed by atoms with Crippen LogP contribution in [0.3, 0.4) is 0 Å². The van der Waals surface area contributed by atoms with Gasteiger partial charge in [-0.1, -0.05) is 50.1 Å². The molecule has 1 aromatic carbocycles. The van der Waals surface area contributed by atoms with Crippen molar-refractivity contribution in [1.82, 2.24) is 5.32 Å². The quantitative estimate of drug-likeness (QED) is 0.741. The van der Waals surface area contributed by atoms with Gasteiger partial charge in [-0.2, -0.15) is 0 Å². The van der Waals surface area contributed by atoms with Crippen LogP contribution >= 0.6 is 11.6 Å². The molecule has 0 saturated heterocycles. The second kappa shape index (κ2) is 8.40. The summed E-state index contributed by atoms with van der Waals surface area (Å²) in [5, 5.41) is 6.33. The highest BCUT2D eigenvalue weighted by Crippen LogP contribution is 2.28. The van der Waals surface area contributed by atoms with Gasteiger partial charge in [0.2, 0.25) is 5.91 Å². The molecule has 0 aromatic heterocycles. The summed E-state index contributed by atoms with van der Waals surface area (Å²) >= 11 is 6.22. The number of anilines is 1. The Morgan fingerprint density at radius 2 is 1.69 bits per heavy atom. The normalized spacial score (nSPS) is 20.4. The molecule has 0 bridgehead atoms. The molecule has 1 aromatic rings. The molecule has 0 spiro atoms. The van der Waals surface area contributed by atoms with E-state index in [0.29, 0.717) is 29.1 Å². The highest BCUT2D eigenvalue weighted by atomic mass is 35.5. The average Bonchev–Trinajstić information content (AvgIpc) is 2.64. The van der Waals surface area contributed by atoms with Gasteiger partial charge in [-0.25, -0.2) is 0 Å². The minimum Gasteiger partial charge on any atom is -0.349 e. The molecule has 2 aliphatic rings. The van der Waals surface area contributed by atoms with E-state index in [1.807, 2.05) is 0 Å². The third-order valence-electron chi connectivity index (χ3n) is 5.61. The number of carbonyl (C=O) groups is 2. The van der Waals surface area contributed by atoms with Crippen LogP contribution in [0, 0.1) is 0 Å². The average molecular weight is 378 g/mol. The molecule has 0 radical (unpaired) electrons. The number of hydrogen-bond acceptors (Lipinski definition) is 3. The first-order chi connectivity index (χ1) is 12.5. The van der Waals surface area contributed by atoms with E-state index in [-0.39, 0.29) is 17.9 Å². The zero-order valence-electron chi connectivity index (χ0n) is 15.2. The maximum atomic E-state index is 12.6. The Morgan fingerprint density at radius 3 is 2.38 bits per heavy atom. The van der Waals surface area contributed by atoms with Gasteiger partial charge in [0.1, 0.15) is 0 Å². The molecule has 6 heteroatoms. The van der Waals surface area contributed by atoms with E-state index in [1.54, 1.807) is 18.2 Å². The molecule has 2 aliphatic carbocycles. The summed E-state index contributed by atoms with van der Waals surface area (Å²) in [4.78, 5) is 25.2. The minimum absolute atomic E-state index is 0.182. The smallest absolute Gasteiger partial charge is 0.253 e. The molecule has 0 heterocycles. The number of rotatable bonds is 4. The van der Waals surface area contributed by atoms with Gasteiger partial charge in [-0.05, 0) is 43.9 Å². The fourth-order valence-electron chi connectivity index (χ4n) is 3.95. The van der Waals surface area contributed by atoms with Gasteiger partial charge in [-0.15, -0.1) is 0 Å². The summed E-state index contributed by atoms with van der Waals surface area (Å²) in [5.74, 6) is -0.365. The summed E-state index contributed by atoms with van der Waals surface area (Å²) in [5.41, 5.74) is 6.42. The van der Waals surface area contributed by atoms with Crippen LogP contribution in [0.25, 0.3) is 0 Å². The van der Waals surface area contributed by atoms with Crippen molar-refractivity contribution < 1.29 is 9.59 Å². The predicted molar refractivity (Wildman–Crippen MR) is 104 cm³/mol. The maximum Gasteiger partial charge on any atom is 0.253 e. The monoisotopic (exact) mass is 377 g/mol.